The summed E-state index contributed by atoms with van der Waals surface area (Å²) in [5.74, 6) is -0.500. The number of fused-ring (bicyclic) bond motifs is 1. The van der Waals surface area contributed by atoms with Gasteiger partial charge in [-0.25, -0.2) is 9.07 Å². The molecule has 27 heavy (non-hydrogen) atoms. The molecular formula is C20H17FN4O2. The van der Waals surface area contributed by atoms with E-state index in [9.17, 15) is 14.0 Å². The van der Waals surface area contributed by atoms with Crippen molar-refractivity contribution in [1.82, 2.24) is 9.78 Å². The fourth-order valence-corrected chi connectivity index (χ4v) is 3.08. The lowest BCUT2D eigenvalue weighted by Gasteiger charge is -2.24. The standard InChI is InChI=1S/C20H17FN4O2/c1-12-2-8-15(9-3-12)23-20(27)17-10-18(26)24-19-16(11-22-25(17)19)13-4-6-14(21)7-5-13/h2-9,11,17H,10H2,1H3,(H,23,27)(H,24,26). The zero-order valence-corrected chi connectivity index (χ0v) is 14.6. The molecule has 1 aliphatic heterocycles. The van der Waals surface area contributed by atoms with Crippen molar-refractivity contribution < 1.29 is 14.0 Å². The fraction of sp³-hybridized carbons (Fsp3) is 0.150. The average molecular weight is 364 g/mol. The molecule has 2 N–H and O–H groups in total. The molecule has 0 radical (unpaired) electrons. The van der Waals surface area contributed by atoms with Crippen molar-refractivity contribution in [3.8, 4) is 11.1 Å². The Hall–Kier alpha value is -3.48. The SMILES string of the molecule is Cc1ccc(NC(=O)C2CC(=O)Nc3c(-c4ccc(F)cc4)cnn32)cc1. The maximum absolute atomic E-state index is 13.2. The van der Waals surface area contributed by atoms with E-state index in [1.165, 1.54) is 16.8 Å². The van der Waals surface area contributed by atoms with Crippen LogP contribution in [0, 0.1) is 12.7 Å². The highest BCUT2D eigenvalue weighted by Crippen LogP contribution is 2.34. The molecule has 2 aromatic carbocycles. The van der Waals surface area contributed by atoms with Crippen LogP contribution in [-0.2, 0) is 9.59 Å². The van der Waals surface area contributed by atoms with Crippen LogP contribution in [0.2, 0.25) is 0 Å². The summed E-state index contributed by atoms with van der Waals surface area (Å²) in [4.78, 5) is 24.9. The lowest BCUT2D eigenvalue weighted by molar-refractivity contribution is -0.125. The number of hydrogen-bond donors (Lipinski definition) is 2. The van der Waals surface area contributed by atoms with Crippen LogP contribution in [0.1, 0.15) is 18.0 Å². The highest BCUT2D eigenvalue weighted by Gasteiger charge is 2.33. The third-order valence-corrected chi connectivity index (χ3v) is 4.50. The number of rotatable bonds is 3. The quantitative estimate of drug-likeness (QED) is 0.747. The van der Waals surface area contributed by atoms with Crippen LogP contribution in [0.5, 0.6) is 0 Å². The summed E-state index contributed by atoms with van der Waals surface area (Å²) < 4.78 is 14.7. The van der Waals surface area contributed by atoms with Crippen LogP contribution >= 0.6 is 0 Å². The Kier molecular flexibility index (Phi) is 4.19. The van der Waals surface area contributed by atoms with Crippen LogP contribution in [0.25, 0.3) is 11.1 Å². The van der Waals surface area contributed by atoms with Crippen LogP contribution in [0.4, 0.5) is 15.9 Å². The minimum Gasteiger partial charge on any atom is -0.324 e. The lowest BCUT2D eigenvalue weighted by atomic mass is 10.1. The van der Waals surface area contributed by atoms with Crippen LogP contribution in [0.15, 0.2) is 54.7 Å². The number of carbonyl (C=O) groups is 2. The monoisotopic (exact) mass is 364 g/mol. The molecule has 4 rings (SSSR count). The van der Waals surface area contributed by atoms with Gasteiger partial charge in [0.2, 0.25) is 11.8 Å². The average Bonchev–Trinajstić information content (AvgIpc) is 3.07. The number of aromatic nitrogens is 2. The predicted molar refractivity (Wildman–Crippen MR) is 99.7 cm³/mol. The van der Waals surface area contributed by atoms with Gasteiger partial charge in [-0.05, 0) is 36.8 Å². The summed E-state index contributed by atoms with van der Waals surface area (Å²) in [6, 6.07) is 12.5. The maximum Gasteiger partial charge on any atom is 0.249 e. The molecule has 1 atom stereocenters. The fourth-order valence-electron chi connectivity index (χ4n) is 3.08. The highest BCUT2D eigenvalue weighted by atomic mass is 19.1. The van der Waals surface area contributed by atoms with E-state index in [4.69, 9.17) is 0 Å². The van der Waals surface area contributed by atoms with E-state index in [1.807, 2.05) is 31.2 Å². The molecule has 2 amide bonds. The molecule has 0 saturated carbocycles. The number of halogens is 1. The molecule has 7 heteroatoms. The summed E-state index contributed by atoms with van der Waals surface area (Å²) in [6.07, 6.45) is 1.57. The Labute approximate surface area is 155 Å². The minimum atomic E-state index is -0.760. The van der Waals surface area contributed by atoms with Crippen molar-refractivity contribution in [2.24, 2.45) is 0 Å². The van der Waals surface area contributed by atoms with Gasteiger partial charge >= 0.3 is 0 Å². The van der Waals surface area contributed by atoms with Gasteiger partial charge in [-0.1, -0.05) is 29.8 Å². The first-order valence-electron chi connectivity index (χ1n) is 8.52. The number of anilines is 2. The molecule has 2 heterocycles. The summed E-state index contributed by atoms with van der Waals surface area (Å²) in [5, 5.41) is 9.89. The molecule has 3 aromatic rings. The van der Waals surface area contributed by atoms with E-state index in [0.717, 1.165) is 5.56 Å². The van der Waals surface area contributed by atoms with Crippen molar-refractivity contribution in [3.05, 3.63) is 66.1 Å². The van der Waals surface area contributed by atoms with Gasteiger partial charge in [0.1, 0.15) is 17.7 Å². The number of hydrogen-bond acceptors (Lipinski definition) is 3. The molecule has 136 valence electrons. The van der Waals surface area contributed by atoms with Gasteiger partial charge in [0.05, 0.1) is 12.6 Å². The van der Waals surface area contributed by atoms with E-state index in [2.05, 4.69) is 15.7 Å². The molecule has 6 nitrogen and oxygen atoms in total. The summed E-state index contributed by atoms with van der Waals surface area (Å²) in [6.45, 7) is 1.96. The van der Waals surface area contributed by atoms with E-state index in [-0.39, 0.29) is 24.1 Å². The van der Waals surface area contributed by atoms with E-state index in [1.54, 1.807) is 18.3 Å². The van der Waals surface area contributed by atoms with Crippen molar-refractivity contribution in [1.29, 1.82) is 0 Å². The molecule has 0 spiro atoms. The Morgan fingerprint density at radius 1 is 1.19 bits per heavy atom. The largest absolute Gasteiger partial charge is 0.324 e. The summed E-state index contributed by atoms with van der Waals surface area (Å²) in [7, 11) is 0. The second-order valence-corrected chi connectivity index (χ2v) is 6.48. The summed E-state index contributed by atoms with van der Waals surface area (Å²) >= 11 is 0. The third kappa shape index (κ3) is 3.31. The van der Waals surface area contributed by atoms with Gasteiger partial charge in [0.25, 0.3) is 0 Å². The molecule has 1 aliphatic rings. The topological polar surface area (TPSA) is 76.0 Å². The van der Waals surface area contributed by atoms with Gasteiger partial charge in [-0.2, -0.15) is 5.10 Å². The molecular weight excluding hydrogens is 347 g/mol. The first-order valence-corrected chi connectivity index (χ1v) is 8.52. The van der Waals surface area contributed by atoms with Gasteiger partial charge in [0.15, 0.2) is 0 Å². The molecule has 1 aromatic heterocycles. The number of amides is 2. The zero-order chi connectivity index (χ0) is 19.0. The van der Waals surface area contributed by atoms with Crippen LogP contribution in [0.3, 0.4) is 0 Å². The van der Waals surface area contributed by atoms with Gasteiger partial charge in [-0.15, -0.1) is 0 Å². The van der Waals surface area contributed by atoms with Crippen molar-refractivity contribution >= 4 is 23.3 Å². The van der Waals surface area contributed by atoms with E-state index in [0.29, 0.717) is 22.6 Å². The lowest BCUT2D eigenvalue weighted by Crippen LogP contribution is -2.35. The molecule has 0 saturated heterocycles. The number of aryl methyl sites for hydroxylation is 1. The smallest absolute Gasteiger partial charge is 0.249 e. The minimum absolute atomic E-state index is 0.00473. The number of nitrogens with one attached hydrogen (secondary N) is 2. The highest BCUT2D eigenvalue weighted by molar-refractivity contribution is 6.03. The number of benzene rings is 2. The first kappa shape index (κ1) is 17.0. The Balaban J connectivity index is 1.65. The normalized spacial score (nSPS) is 15.8. The Morgan fingerprint density at radius 3 is 2.59 bits per heavy atom. The molecule has 0 aliphatic carbocycles. The van der Waals surface area contributed by atoms with Crippen molar-refractivity contribution in [2.45, 2.75) is 19.4 Å². The Morgan fingerprint density at radius 2 is 1.89 bits per heavy atom. The van der Waals surface area contributed by atoms with Crippen LogP contribution < -0.4 is 10.6 Å². The van der Waals surface area contributed by atoms with Crippen LogP contribution in [-0.4, -0.2) is 21.6 Å². The van der Waals surface area contributed by atoms with Crippen molar-refractivity contribution in [2.75, 3.05) is 10.6 Å². The third-order valence-electron chi connectivity index (χ3n) is 4.50. The summed E-state index contributed by atoms with van der Waals surface area (Å²) in [5.41, 5.74) is 3.08. The Bertz CT molecular complexity index is 1010. The second kappa shape index (κ2) is 6.68. The van der Waals surface area contributed by atoms with E-state index < -0.39 is 6.04 Å². The van der Waals surface area contributed by atoms with Gasteiger partial charge in [0, 0.05) is 11.3 Å². The second-order valence-electron chi connectivity index (χ2n) is 6.48. The van der Waals surface area contributed by atoms with Gasteiger partial charge in [-0.3, -0.25) is 9.59 Å². The number of carbonyl (C=O) groups excluding carboxylic acids is 2. The molecule has 0 bridgehead atoms. The molecule has 1 unspecified atom stereocenters. The number of nitrogens with zero attached hydrogens (tertiary/aromatic N) is 2. The van der Waals surface area contributed by atoms with E-state index >= 15 is 0 Å². The van der Waals surface area contributed by atoms with Crippen molar-refractivity contribution in [3.63, 3.8) is 0 Å². The zero-order valence-electron chi connectivity index (χ0n) is 14.6. The predicted octanol–water partition coefficient (Wildman–Crippen LogP) is 3.52. The van der Waals surface area contributed by atoms with Gasteiger partial charge < -0.3 is 10.6 Å². The first-order chi connectivity index (χ1) is 13.0. The maximum atomic E-state index is 13.2. The molecule has 0 fully saturated rings.